The predicted molar refractivity (Wildman–Crippen MR) is 92.5 cm³/mol. The number of carboxylic acid groups (broad SMARTS) is 1. The molecule has 4 nitrogen and oxygen atoms in total. The number of aliphatic hydroxyl groups is 1. The van der Waals surface area contributed by atoms with Gasteiger partial charge in [-0.05, 0) is 32.6 Å². The van der Waals surface area contributed by atoms with Gasteiger partial charge in [-0.2, -0.15) is 0 Å². The second-order valence-electron chi connectivity index (χ2n) is 6.92. The molecule has 0 radical (unpaired) electrons. The number of hydrogen-bond acceptors (Lipinski definition) is 3. The third-order valence-electron chi connectivity index (χ3n) is 4.47. The molecule has 0 saturated carbocycles. The Morgan fingerprint density at radius 1 is 1.13 bits per heavy atom. The van der Waals surface area contributed by atoms with Crippen molar-refractivity contribution in [3.8, 4) is 0 Å². The number of rotatable bonds is 14. The highest BCUT2D eigenvalue weighted by molar-refractivity contribution is 5.66. The van der Waals surface area contributed by atoms with Gasteiger partial charge in [-0.25, -0.2) is 0 Å². The smallest absolute Gasteiger partial charge is 0.303 e. The van der Waals surface area contributed by atoms with E-state index in [2.05, 4.69) is 13.0 Å². The molecule has 0 bridgehead atoms. The summed E-state index contributed by atoms with van der Waals surface area (Å²) in [5, 5.41) is 19.0. The number of allylic oxidation sites excluding steroid dienone is 1. The molecule has 4 heteroatoms. The van der Waals surface area contributed by atoms with Crippen LogP contribution in [0.5, 0.6) is 0 Å². The van der Waals surface area contributed by atoms with Crippen molar-refractivity contribution in [2.75, 3.05) is 0 Å². The van der Waals surface area contributed by atoms with Crippen LogP contribution >= 0.6 is 0 Å². The van der Waals surface area contributed by atoms with Crippen molar-refractivity contribution in [2.45, 2.75) is 102 Å². The maximum atomic E-state index is 10.4. The lowest BCUT2D eigenvalue weighted by molar-refractivity contribution is -0.137. The number of unbranched alkanes of at least 4 members (excludes halogenated alkanes) is 7. The number of epoxide rings is 1. The SMILES string of the molecule is CCCCC/C=C\C(C)(O)C1OC1CCCCCCCC(=O)O. The van der Waals surface area contributed by atoms with Crippen molar-refractivity contribution in [1.82, 2.24) is 0 Å². The maximum Gasteiger partial charge on any atom is 0.303 e. The monoisotopic (exact) mass is 326 g/mol. The van der Waals surface area contributed by atoms with E-state index in [0.717, 1.165) is 44.9 Å². The Kier molecular flexibility index (Phi) is 9.49. The Labute approximate surface area is 140 Å². The summed E-state index contributed by atoms with van der Waals surface area (Å²) >= 11 is 0. The van der Waals surface area contributed by atoms with E-state index in [1.54, 1.807) is 0 Å². The standard InChI is InChI=1S/C19H34O4/c1-3-4-5-9-12-15-19(2,22)18-16(23-18)13-10-7-6-8-11-14-17(20)21/h12,15-16,18,22H,3-11,13-14H2,1-2H3,(H,20,21)/b15-12-. The molecular weight excluding hydrogens is 292 g/mol. The van der Waals surface area contributed by atoms with E-state index in [1.807, 2.05) is 13.0 Å². The maximum absolute atomic E-state index is 10.4. The van der Waals surface area contributed by atoms with E-state index in [-0.39, 0.29) is 18.6 Å². The van der Waals surface area contributed by atoms with Gasteiger partial charge in [0.25, 0.3) is 0 Å². The van der Waals surface area contributed by atoms with Crippen molar-refractivity contribution in [3.63, 3.8) is 0 Å². The molecule has 0 aromatic heterocycles. The van der Waals surface area contributed by atoms with Crippen molar-refractivity contribution < 1.29 is 19.7 Å². The summed E-state index contributed by atoms with van der Waals surface area (Å²) in [5.74, 6) is -0.704. The summed E-state index contributed by atoms with van der Waals surface area (Å²) in [6.45, 7) is 4.02. The van der Waals surface area contributed by atoms with Gasteiger partial charge in [0.2, 0.25) is 0 Å². The molecule has 1 rings (SSSR count). The summed E-state index contributed by atoms with van der Waals surface area (Å²) in [4.78, 5) is 10.4. The summed E-state index contributed by atoms with van der Waals surface area (Å²) in [6.07, 6.45) is 15.1. The van der Waals surface area contributed by atoms with Crippen LogP contribution in [0.4, 0.5) is 0 Å². The lowest BCUT2D eigenvalue weighted by Gasteiger charge is -2.16. The summed E-state index contributed by atoms with van der Waals surface area (Å²) < 4.78 is 5.64. The highest BCUT2D eigenvalue weighted by Crippen LogP contribution is 2.36. The summed E-state index contributed by atoms with van der Waals surface area (Å²) in [6, 6.07) is 0. The van der Waals surface area contributed by atoms with Crippen molar-refractivity contribution in [2.24, 2.45) is 0 Å². The minimum atomic E-state index is -0.849. The lowest BCUT2D eigenvalue weighted by Crippen LogP contribution is -2.30. The van der Waals surface area contributed by atoms with Gasteiger partial charge in [0.05, 0.1) is 6.10 Å². The molecule has 134 valence electrons. The molecule has 3 unspecified atom stereocenters. The third-order valence-corrected chi connectivity index (χ3v) is 4.47. The largest absolute Gasteiger partial charge is 0.481 e. The van der Waals surface area contributed by atoms with Gasteiger partial charge in [0.1, 0.15) is 11.7 Å². The van der Waals surface area contributed by atoms with Crippen LogP contribution in [-0.4, -0.2) is 34.0 Å². The minimum Gasteiger partial charge on any atom is -0.481 e. The molecular formula is C19H34O4. The molecule has 2 N–H and O–H groups in total. The molecule has 0 aliphatic carbocycles. The zero-order chi connectivity index (χ0) is 17.1. The van der Waals surface area contributed by atoms with Crippen LogP contribution in [0.2, 0.25) is 0 Å². The first-order chi connectivity index (χ1) is 11.0. The van der Waals surface area contributed by atoms with E-state index in [1.165, 1.54) is 19.3 Å². The highest BCUT2D eigenvalue weighted by Gasteiger charge is 2.49. The summed E-state index contributed by atoms with van der Waals surface area (Å²) in [7, 11) is 0. The van der Waals surface area contributed by atoms with Gasteiger partial charge in [0, 0.05) is 6.42 Å². The van der Waals surface area contributed by atoms with Crippen molar-refractivity contribution >= 4 is 5.97 Å². The average Bonchev–Trinajstić information content (AvgIpc) is 3.26. The molecule has 0 aromatic rings. The molecule has 1 aliphatic rings. The van der Waals surface area contributed by atoms with Gasteiger partial charge >= 0.3 is 5.97 Å². The van der Waals surface area contributed by atoms with E-state index in [0.29, 0.717) is 0 Å². The normalized spacial score (nSPS) is 23.1. The molecule has 0 amide bonds. The quantitative estimate of drug-likeness (QED) is 0.281. The average molecular weight is 326 g/mol. The number of aliphatic carboxylic acids is 1. The van der Waals surface area contributed by atoms with Gasteiger partial charge in [-0.1, -0.05) is 57.6 Å². The Bertz CT molecular complexity index is 362. The summed E-state index contributed by atoms with van der Waals surface area (Å²) in [5.41, 5.74) is -0.849. The Hall–Kier alpha value is -0.870. The fourth-order valence-electron chi connectivity index (χ4n) is 2.96. The second kappa shape index (κ2) is 10.8. The zero-order valence-electron chi connectivity index (χ0n) is 14.8. The number of carboxylic acids is 1. The number of ether oxygens (including phenoxy) is 1. The minimum absolute atomic E-state index is 0.0584. The van der Waals surface area contributed by atoms with Crippen molar-refractivity contribution in [3.05, 3.63) is 12.2 Å². The Morgan fingerprint density at radius 3 is 2.52 bits per heavy atom. The first-order valence-electron chi connectivity index (χ1n) is 9.24. The van der Waals surface area contributed by atoms with Crippen LogP contribution in [0.3, 0.4) is 0 Å². The van der Waals surface area contributed by atoms with E-state index in [9.17, 15) is 9.90 Å². The highest BCUT2D eigenvalue weighted by atomic mass is 16.6. The first kappa shape index (κ1) is 20.2. The van der Waals surface area contributed by atoms with E-state index < -0.39 is 11.6 Å². The van der Waals surface area contributed by atoms with Gasteiger partial charge in [-0.15, -0.1) is 0 Å². The second-order valence-corrected chi connectivity index (χ2v) is 6.92. The third kappa shape index (κ3) is 9.11. The topological polar surface area (TPSA) is 70.1 Å². The van der Waals surface area contributed by atoms with Crippen LogP contribution in [0.25, 0.3) is 0 Å². The fraction of sp³-hybridized carbons (Fsp3) is 0.842. The molecule has 0 aromatic carbocycles. The molecule has 1 fully saturated rings. The first-order valence-corrected chi connectivity index (χ1v) is 9.24. The van der Waals surface area contributed by atoms with Gasteiger partial charge in [0.15, 0.2) is 0 Å². The molecule has 0 spiro atoms. The van der Waals surface area contributed by atoms with Gasteiger partial charge in [-0.3, -0.25) is 4.79 Å². The lowest BCUT2D eigenvalue weighted by atomic mass is 9.96. The zero-order valence-corrected chi connectivity index (χ0v) is 14.8. The van der Waals surface area contributed by atoms with Crippen LogP contribution in [0, 0.1) is 0 Å². The predicted octanol–water partition coefficient (Wildman–Crippen LogP) is 4.46. The van der Waals surface area contributed by atoms with E-state index >= 15 is 0 Å². The van der Waals surface area contributed by atoms with Crippen LogP contribution in [0.15, 0.2) is 12.2 Å². The number of carbonyl (C=O) groups is 1. The molecule has 23 heavy (non-hydrogen) atoms. The van der Waals surface area contributed by atoms with Crippen LogP contribution < -0.4 is 0 Å². The molecule has 1 heterocycles. The number of hydrogen-bond donors (Lipinski definition) is 2. The van der Waals surface area contributed by atoms with Gasteiger partial charge < -0.3 is 14.9 Å². The molecule has 3 atom stereocenters. The van der Waals surface area contributed by atoms with Crippen LogP contribution in [0.1, 0.15) is 84.5 Å². The fourth-order valence-corrected chi connectivity index (χ4v) is 2.96. The Morgan fingerprint density at radius 2 is 1.83 bits per heavy atom. The van der Waals surface area contributed by atoms with Crippen molar-refractivity contribution in [1.29, 1.82) is 0 Å². The van der Waals surface area contributed by atoms with Crippen LogP contribution in [-0.2, 0) is 9.53 Å². The Balaban J connectivity index is 2.05. The van der Waals surface area contributed by atoms with E-state index in [4.69, 9.17) is 9.84 Å². The molecule has 1 saturated heterocycles. The molecule has 1 aliphatic heterocycles.